The van der Waals surface area contributed by atoms with Gasteiger partial charge in [0, 0.05) is 0 Å². The average molecular weight is 405 g/mol. The molecule has 0 radical (unpaired) electrons. The van der Waals surface area contributed by atoms with Gasteiger partial charge in [0.15, 0.2) is 0 Å². The Balaban J connectivity index is 2.50. The van der Waals surface area contributed by atoms with Crippen LogP contribution < -0.4 is 4.72 Å². The molecule has 0 bridgehead atoms. The number of anilines is 1. The molecule has 0 spiro atoms. The van der Waals surface area contributed by atoms with Crippen LogP contribution in [0, 0.1) is 0 Å². The molecule has 2 aromatic carbocycles. The van der Waals surface area contributed by atoms with Crippen molar-refractivity contribution in [1.29, 1.82) is 0 Å². The fraction of sp³-hybridized carbons (Fsp3) is 0.0769. The Labute approximate surface area is 145 Å². The Kier molecular flexibility index (Phi) is 5.06. The SMILES string of the molecule is O=S(=O)(Nc1cc(C(F)(F)F)ccc1Cl)c1c(Cl)cccc1Cl. The summed E-state index contributed by atoms with van der Waals surface area (Å²) in [6.45, 7) is 0. The van der Waals surface area contributed by atoms with Crippen molar-refractivity contribution < 1.29 is 21.6 Å². The lowest BCUT2D eigenvalue weighted by Gasteiger charge is -2.14. The molecule has 0 aliphatic rings. The first-order valence-corrected chi connectivity index (χ1v) is 8.47. The molecule has 3 nitrogen and oxygen atoms in total. The number of alkyl halides is 3. The van der Waals surface area contributed by atoms with E-state index in [-0.39, 0.29) is 15.1 Å². The lowest BCUT2D eigenvalue weighted by Crippen LogP contribution is -2.15. The summed E-state index contributed by atoms with van der Waals surface area (Å²) in [7, 11) is -4.33. The minimum atomic E-state index is -4.65. The number of hydrogen-bond donors (Lipinski definition) is 1. The fourth-order valence-electron chi connectivity index (χ4n) is 1.71. The summed E-state index contributed by atoms with van der Waals surface area (Å²) < 4.78 is 64.8. The van der Waals surface area contributed by atoms with Crippen molar-refractivity contribution in [3.63, 3.8) is 0 Å². The molecule has 2 rings (SSSR count). The predicted octanol–water partition coefficient (Wildman–Crippen LogP) is 5.47. The number of rotatable bonds is 3. The van der Waals surface area contributed by atoms with E-state index in [0.29, 0.717) is 6.07 Å². The third-order valence-corrected chi connectivity index (χ3v) is 5.38. The second-order valence-corrected chi connectivity index (χ2v) is 7.19. The molecule has 0 fully saturated rings. The minimum absolute atomic E-state index is 0.173. The molecule has 0 aromatic heterocycles. The quantitative estimate of drug-likeness (QED) is 0.738. The molecule has 0 aliphatic heterocycles. The van der Waals surface area contributed by atoms with Crippen LogP contribution >= 0.6 is 34.8 Å². The van der Waals surface area contributed by atoms with Gasteiger partial charge in [-0.2, -0.15) is 13.2 Å². The van der Waals surface area contributed by atoms with Crippen molar-refractivity contribution in [3.8, 4) is 0 Å². The molecule has 23 heavy (non-hydrogen) atoms. The van der Waals surface area contributed by atoms with Crippen molar-refractivity contribution in [2.45, 2.75) is 11.1 Å². The molecule has 1 N–H and O–H groups in total. The Morgan fingerprint density at radius 2 is 1.48 bits per heavy atom. The van der Waals surface area contributed by atoms with Gasteiger partial charge in [-0.25, -0.2) is 8.42 Å². The van der Waals surface area contributed by atoms with Crippen LogP contribution in [0.4, 0.5) is 18.9 Å². The molecule has 0 saturated heterocycles. The van der Waals surface area contributed by atoms with Crippen LogP contribution in [0.15, 0.2) is 41.3 Å². The standard InChI is InChI=1S/C13H7Cl3F3NO2S/c14-8-5-4-7(13(17,18)19)6-11(8)20-23(21,22)12-9(15)2-1-3-10(12)16/h1-6,20H. The van der Waals surface area contributed by atoms with Crippen LogP contribution in [0.25, 0.3) is 0 Å². The zero-order chi connectivity index (χ0) is 17.4. The van der Waals surface area contributed by atoms with Gasteiger partial charge in [-0.1, -0.05) is 40.9 Å². The van der Waals surface area contributed by atoms with Crippen molar-refractivity contribution in [3.05, 3.63) is 57.0 Å². The first-order valence-electron chi connectivity index (χ1n) is 5.86. The molecule has 0 atom stereocenters. The summed E-state index contributed by atoms with van der Waals surface area (Å²) in [5.74, 6) is 0. The molecule has 0 unspecified atom stereocenters. The highest BCUT2D eigenvalue weighted by Gasteiger charge is 2.32. The largest absolute Gasteiger partial charge is 0.416 e. The third-order valence-electron chi connectivity index (χ3n) is 2.73. The van der Waals surface area contributed by atoms with Crippen LogP contribution in [0.2, 0.25) is 15.1 Å². The second-order valence-electron chi connectivity index (χ2n) is 4.35. The highest BCUT2D eigenvalue weighted by Crippen LogP contribution is 2.36. The Morgan fingerprint density at radius 3 is 2.00 bits per heavy atom. The zero-order valence-electron chi connectivity index (χ0n) is 11.0. The van der Waals surface area contributed by atoms with E-state index in [0.717, 1.165) is 12.1 Å². The van der Waals surface area contributed by atoms with E-state index in [2.05, 4.69) is 0 Å². The molecular weight excluding hydrogens is 398 g/mol. The number of hydrogen-bond acceptors (Lipinski definition) is 2. The number of sulfonamides is 1. The van der Waals surface area contributed by atoms with Gasteiger partial charge >= 0.3 is 6.18 Å². The average Bonchev–Trinajstić information content (AvgIpc) is 2.39. The highest BCUT2D eigenvalue weighted by atomic mass is 35.5. The maximum absolute atomic E-state index is 12.7. The van der Waals surface area contributed by atoms with E-state index >= 15 is 0 Å². The van der Waals surface area contributed by atoms with E-state index in [1.165, 1.54) is 18.2 Å². The molecule has 124 valence electrons. The van der Waals surface area contributed by atoms with Gasteiger partial charge in [-0.15, -0.1) is 0 Å². The van der Waals surface area contributed by atoms with Crippen molar-refractivity contribution >= 4 is 50.5 Å². The summed E-state index contributed by atoms with van der Waals surface area (Å²) in [6, 6.07) is 6.27. The van der Waals surface area contributed by atoms with E-state index in [1.54, 1.807) is 0 Å². The maximum Gasteiger partial charge on any atom is 0.416 e. The van der Waals surface area contributed by atoms with Crippen molar-refractivity contribution in [1.82, 2.24) is 0 Å². The molecule has 2 aromatic rings. The van der Waals surface area contributed by atoms with Gasteiger partial charge in [0.2, 0.25) is 0 Å². The highest BCUT2D eigenvalue weighted by molar-refractivity contribution is 7.93. The van der Waals surface area contributed by atoms with Crippen molar-refractivity contribution in [2.75, 3.05) is 4.72 Å². The summed E-state index contributed by atoms with van der Waals surface area (Å²) in [5, 5.41) is -0.550. The lowest BCUT2D eigenvalue weighted by molar-refractivity contribution is -0.137. The first kappa shape index (κ1) is 18.2. The first-order chi connectivity index (χ1) is 10.5. The summed E-state index contributed by atoms with van der Waals surface area (Å²) >= 11 is 17.4. The number of benzene rings is 2. The van der Waals surface area contributed by atoms with Crippen LogP contribution in [0.5, 0.6) is 0 Å². The van der Waals surface area contributed by atoms with Gasteiger partial charge in [0.1, 0.15) is 4.90 Å². The zero-order valence-corrected chi connectivity index (χ0v) is 14.0. The Morgan fingerprint density at radius 1 is 0.913 bits per heavy atom. The lowest BCUT2D eigenvalue weighted by atomic mass is 10.2. The van der Waals surface area contributed by atoms with E-state index in [4.69, 9.17) is 34.8 Å². The van der Waals surface area contributed by atoms with Crippen LogP contribution in [-0.2, 0) is 16.2 Å². The second kappa shape index (κ2) is 6.39. The van der Waals surface area contributed by atoms with Crippen LogP contribution in [0.3, 0.4) is 0 Å². The monoisotopic (exact) mass is 403 g/mol. The predicted molar refractivity (Wildman–Crippen MR) is 83.7 cm³/mol. The Bertz CT molecular complexity index is 834. The van der Waals surface area contributed by atoms with E-state index < -0.39 is 32.3 Å². The molecule has 0 amide bonds. The van der Waals surface area contributed by atoms with Gasteiger partial charge < -0.3 is 0 Å². The van der Waals surface area contributed by atoms with Crippen LogP contribution in [-0.4, -0.2) is 8.42 Å². The van der Waals surface area contributed by atoms with Crippen molar-refractivity contribution in [2.24, 2.45) is 0 Å². The summed E-state index contributed by atoms with van der Waals surface area (Å²) in [4.78, 5) is -0.447. The topological polar surface area (TPSA) is 46.2 Å². The molecule has 0 aliphatic carbocycles. The Hall–Kier alpha value is -1.15. The maximum atomic E-state index is 12.7. The minimum Gasteiger partial charge on any atom is -0.278 e. The normalized spacial score (nSPS) is 12.3. The van der Waals surface area contributed by atoms with Gasteiger partial charge in [-0.3, -0.25) is 4.72 Å². The molecule has 0 heterocycles. The van der Waals surface area contributed by atoms with E-state index in [1.807, 2.05) is 4.72 Å². The summed E-state index contributed by atoms with van der Waals surface area (Å²) in [6.07, 6.45) is -4.65. The fourth-order valence-corrected chi connectivity index (χ4v) is 4.15. The van der Waals surface area contributed by atoms with Crippen LogP contribution in [0.1, 0.15) is 5.56 Å². The van der Waals surface area contributed by atoms with Gasteiger partial charge in [0.25, 0.3) is 10.0 Å². The third kappa shape index (κ3) is 4.03. The van der Waals surface area contributed by atoms with Gasteiger partial charge in [0.05, 0.1) is 26.3 Å². The molecular formula is C13H7Cl3F3NO2S. The molecule has 10 heteroatoms. The smallest absolute Gasteiger partial charge is 0.278 e. The van der Waals surface area contributed by atoms with E-state index in [9.17, 15) is 21.6 Å². The number of nitrogens with one attached hydrogen (secondary N) is 1. The summed E-state index contributed by atoms with van der Waals surface area (Å²) in [5.41, 5.74) is -1.48. The number of halogens is 6. The van der Waals surface area contributed by atoms with Gasteiger partial charge in [-0.05, 0) is 30.3 Å². The molecule has 0 saturated carbocycles.